The van der Waals surface area contributed by atoms with Gasteiger partial charge in [0, 0.05) is 30.6 Å². The molecule has 0 fully saturated rings. The number of para-hydroxylation sites is 1. The van der Waals surface area contributed by atoms with Gasteiger partial charge in [-0.3, -0.25) is 9.00 Å². The van der Waals surface area contributed by atoms with Gasteiger partial charge in [-0.15, -0.1) is 0 Å². The van der Waals surface area contributed by atoms with Crippen LogP contribution >= 0.6 is 0 Å². The highest BCUT2D eigenvalue weighted by Crippen LogP contribution is 2.22. The highest BCUT2D eigenvalue weighted by atomic mass is 32.2. The summed E-state index contributed by atoms with van der Waals surface area (Å²) in [5.74, 6) is 1.70. The van der Waals surface area contributed by atoms with Gasteiger partial charge in [0.15, 0.2) is 0 Å². The van der Waals surface area contributed by atoms with Gasteiger partial charge in [-0.05, 0) is 29.8 Å². The van der Waals surface area contributed by atoms with Crippen molar-refractivity contribution in [1.82, 2.24) is 4.90 Å². The van der Waals surface area contributed by atoms with Gasteiger partial charge in [-0.25, -0.2) is 0 Å². The Morgan fingerprint density at radius 1 is 1.05 bits per heavy atom. The number of benzene rings is 2. The first-order chi connectivity index (χ1) is 10.5. The second-order valence-electron chi connectivity index (χ2n) is 5.08. The van der Waals surface area contributed by atoms with E-state index in [1.165, 1.54) is 4.90 Å². The fraction of sp³-hybridized carbons (Fsp3) is 0.235. The minimum atomic E-state index is -1.22. The topological polar surface area (TPSA) is 46.6 Å². The molecule has 0 aliphatic rings. The van der Waals surface area contributed by atoms with E-state index in [-0.39, 0.29) is 11.7 Å². The van der Waals surface area contributed by atoms with Gasteiger partial charge in [0.1, 0.15) is 17.3 Å². The summed E-state index contributed by atoms with van der Waals surface area (Å²) in [6.45, 7) is 0. The SMILES string of the molecule is CN(C)C(=O)C[S@](=O)Cc1cccc(Oc2ccccc2)c1. The molecule has 0 saturated carbocycles. The van der Waals surface area contributed by atoms with Crippen molar-refractivity contribution in [2.24, 2.45) is 0 Å². The van der Waals surface area contributed by atoms with E-state index in [0.29, 0.717) is 11.5 Å². The number of carbonyl (C=O) groups excluding carboxylic acids is 1. The van der Waals surface area contributed by atoms with Crippen molar-refractivity contribution in [3.8, 4) is 11.5 Å². The van der Waals surface area contributed by atoms with E-state index < -0.39 is 10.8 Å². The Morgan fingerprint density at radius 2 is 1.73 bits per heavy atom. The zero-order valence-corrected chi connectivity index (χ0v) is 13.5. The molecule has 0 heterocycles. The number of carbonyl (C=O) groups is 1. The molecule has 0 aliphatic carbocycles. The van der Waals surface area contributed by atoms with Crippen molar-refractivity contribution in [2.75, 3.05) is 19.8 Å². The first-order valence-electron chi connectivity index (χ1n) is 6.91. The summed E-state index contributed by atoms with van der Waals surface area (Å²) >= 11 is 0. The van der Waals surface area contributed by atoms with Crippen molar-refractivity contribution in [3.05, 3.63) is 60.2 Å². The first-order valence-corrected chi connectivity index (χ1v) is 8.40. The fourth-order valence-corrected chi connectivity index (χ4v) is 3.01. The van der Waals surface area contributed by atoms with Gasteiger partial charge in [0.2, 0.25) is 5.91 Å². The Kier molecular flexibility index (Phi) is 5.72. The van der Waals surface area contributed by atoms with Crippen LogP contribution in [0, 0.1) is 0 Å². The fourth-order valence-electron chi connectivity index (χ4n) is 1.83. The van der Waals surface area contributed by atoms with Crippen LogP contribution in [0.25, 0.3) is 0 Å². The number of ether oxygens (including phenoxy) is 1. The van der Waals surface area contributed by atoms with Crippen molar-refractivity contribution in [1.29, 1.82) is 0 Å². The Balaban J connectivity index is 1.99. The molecule has 5 heteroatoms. The van der Waals surface area contributed by atoms with E-state index in [2.05, 4.69) is 0 Å². The lowest BCUT2D eigenvalue weighted by molar-refractivity contribution is -0.125. The third kappa shape index (κ3) is 5.00. The average molecular weight is 317 g/mol. The highest BCUT2D eigenvalue weighted by Gasteiger charge is 2.11. The molecule has 0 saturated heterocycles. The lowest BCUT2D eigenvalue weighted by Gasteiger charge is -2.10. The normalized spacial score (nSPS) is 11.7. The highest BCUT2D eigenvalue weighted by molar-refractivity contribution is 7.84. The number of hydrogen-bond acceptors (Lipinski definition) is 3. The zero-order chi connectivity index (χ0) is 15.9. The standard InChI is InChI=1S/C17H19NO3S/c1-18(2)17(19)13-22(20)12-14-7-6-10-16(11-14)21-15-8-4-3-5-9-15/h3-11H,12-13H2,1-2H3/t22-/m1/s1. The van der Waals surface area contributed by atoms with Crippen LogP contribution in [0.1, 0.15) is 5.56 Å². The third-order valence-electron chi connectivity index (χ3n) is 2.99. The van der Waals surface area contributed by atoms with Crippen LogP contribution in [0.2, 0.25) is 0 Å². The summed E-state index contributed by atoms with van der Waals surface area (Å²) in [4.78, 5) is 13.0. The predicted octanol–water partition coefficient (Wildman–Crippen LogP) is 2.82. The molecule has 2 aromatic rings. The predicted molar refractivity (Wildman–Crippen MR) is 88.4 cm³/mol. The smallest absolute Gasteiger partial charge is 0.234 e. The molecule has 0 aromatic heterocycles. The van der Waals surface area contributed by atoms with Crippen molar-refractivity contribution in [2.45, 2.75) is 5.75 Å². The molecule has 0 bridgehead atoms. The summed E-state index contributed by atoms with van der Waals surface area (Å²) in [5, 5.41) is 0. The maximum Gasteiger partial charge on any atom is 0.234 e. The third-order valence-corrected chi connectivity index (χ3v) is 4.21. The molecule has 2 rings (SSSR count). The van der Waals surface area contributed by atoms with E-state index in [9.17, 15) is 9.00 Å². The molecule has 0 radical (unpaired) electrons. The number of amides is 1. The van der Waals surface area contributed by atoms with Crippen LogP contribution in [0.4, 0.5) is 0 Å². The minimum absolute atomic E-state index is 0.0385. The average Bonchev–Trinajstić information content (AvgIpc) is 2.48. The summed E-state index contributed by atoms with van der Waals surface area (Å²) in [6.07, 6.45) is 0. The van der Waals surface area contributed by atoms with Gasteiger partial charge in [-0.2, -0.15) is 0 Å². The van der Waals surface area contributed by atoms with Gasteiger partial charge >= 0.3 is 0 Å². The van der Waals surface area contributed by atoms with E-state index >= 15 is 0 Å². The molecular formula is C17H19NO3S. The lowest BCUT2D eigenvalue weighted by Crippen LogP contribution is -2.27. The molecule has 22 heavy (non-hydrogen) atoms. The van der Waals surface area contributed by atoms with Gasteiger partial charge in [-0.1, -0.05) is 30.3 Å². The Hall–Kier alpha value is -2.14. The largest absolute Gasteiger partial charge is 0.457 e. The summed E-state index contributed by atoms with van der Waals surface area (Å²) in [7, 11) is 2.10. The molecule has 1 atom stereocenters. The van der Waals surface area contributed by atoms with E-state index in [0.717, 1.165) is 11.3 Å². The Bertz CT molecular complexity index is 656. The van der Waals surface area contributed by atoms with Crippen molar-refractivity contribution < 1.29 is 13.7 Å². The van der Waals surface area contributed by atoms with Crippen LogP contribution in [0.5, 0.6) is 11.5 Å². The Morgan fingerprint density at radius 3 is 2.41 bits per heavy atom. The van der Waals surface area contributed by atoms with E-state index in [1.54, 1.807) is 14.1 Å². The molecule has 2 aromatic carbocycles. The molecule has 4 nitrogen and oxygen atoms in total. The minimum Gasteiger partial charge on any atom is -0.457 e. The Labute approximate surface area is 133 Å². The monoisotopic (exact) mass is 317 g/mol. The van der Waals surface area contributed by atoms with Gasteiger partial charge < -0.3 is 9.64 Å². The van der Waals surface area contributed by atoms with E-state index in [1.807, 2.05) is 54.6 Å². The molecule has 0 N–H and O–H groups in total. The second kappa shape index (κ2) is 7.75. The van der Waals surface area contributed by atoms with Crippen molar-refractivity contribution >= 4 is 16.7 Å². The zero-order valence-electron chi connectivity index (χ0n) is 12.7. The molecule has 1 amide bonds. The maximum absolute atomic E-state index is 12.0. The van der Waals surface area contributed by atoms with Crippen LogP contribution in [0.15, 0.2) is 54.6 Å². The summed E-state index contributed by atoms with van der Waals surface area (Å²) in [6, 6.07) is 16.9. The van der Waals surface area contributed by atoms with Gasteiger partial charge in [0.05, 0.1) is 0 Å². The molecular weight excluding hydrogens is 298 g/mol. The molecule has 0 unspecified atom stereocenters. The summed E-state index contributed by atoms with van der Waals surface area (Å²) < 4.78 is 17.8. The number of nitrogens with zero attached hydrogens (tertiary/aromatic N) is 1. The maximum atomic E-state index is 12.0. The van der Waals surface area contributed by atoms with Crippen LogP contribution < -0.4 is 4.74 Å². The van der Waals surface area contributed by atoms with Crippen molar-refractivity contribution in [3.63, 3.8) is 0 Å². The molecule has 0 aliphatic heterocycles. The van der Waals surface area contributed by atoms with E-state index in [4.69, 9.17) is 4.74 Å². The van der Waals surface area contributed by atoms with Crippen LogP contribution in [0.3, 0.4) is 0 Å². The van der Waals surface area contributed by atoms with Crippen LogP contribution in [-0.2, 0) is 21.3 Å². The van der Waals surface area contributed by atoms with Crippen LogP contribution in [-0.4, -0.2) is 34.9 Å². The molecule has 0 spiro atoms. The molecule has 116 valence electrons. The lowest BCUT2D eigenvalue weighted by atomic mass is 10.2. The number of rotatable bonds is 6. The quantitative estimate of drug-likeness (QED) is 0.823. The van der Waals surface area contributed by atoms with Gasteiger partial charge in [0.25, 0.3) is 0 Å². The first kappa shape index (κ1) is 16.2. The number of hydrogen-bond donors (Lipinski definition) is 0. The summed E-state index contributed by atoms with van der Waals surface area (Å²) in [5.41, 5.74) is 0.887. The second-order valence-corrected chi connectivity index (χ2v) is 6.54.